The molecule has 7 nitrogen and oxygen atoms in total. The fourth-order valence-corrected chi connectivity index (χ4v) is 6.56. The van der Waals surface area contributed by atoms with E-state index in [1.165, 1.54) is 23.1 Å². The molecule has 0 radical (unpaired) electrons. The molecule has 1 unspecified atom stereocenters. The highest BCUT2D eigenvalue weighted by Crippen LogP contribution is 2.27. The normalized spacial score (nSPS) is 14.5. The molecular formula is C30H34ClN3O4S. The Balaban J connectivity index is 1.69. The first-order valence-electron chi connectivity index (χ1n) is 13.3. The molecule has 0 bridgehead atoms. The van der Waals surface area contributed by atoms with Crippen LogP contribution in [0.4, 0.5) is 5.69 Å². The average Bonchev–Trinajstić information content (AvgIpc) is 3.45. The molecule has 1 N–H and O–H groups in total. The molecule has 2 amide bonds. The third-order valence-corrected chi connectivity index (χ3v) is 9.01. The predicted octanol–water partition coefficient (Wildman–Crippen LogP) is 5.40. The average molecular weight is 568 g/mol. The van der Waals surface area contributed by atoms with E-state index >= 15 is 0 Å². The lowest BCUT2D eigenvalue weighted by Crippen LogP contribution is -2.53. The molecule has 0 heterocycles. The van der Waals surface area contributed by atoms with Crippen LogP contribution in [0.5, 0.6) is 0 Å². The summed E-state index contributed by atoms with van der Waals surface area (Å²) in [5.41, 5.74) is 1.11. The molecule has 0 aromatic heterocycles. The third kappa shape index (κ3) is 7.19. The number of hydrogen-bond acceptors (Lipinski definition) is 4. The number of carbonyl (C=O) groups excluding carboxylic acids is 2. The third-order valence-electron chi connectivity index (χ3n) is 6.99. The number of amides is 2. The molecule has 9 heteroatoms. The van der Waals surface area contributed by atoms with Crippen LogP contribution in [0, 0.1) is 0 Å². The van der Waals surface area contributed by atoms with Crippen LogP contribution in [0.15, 0.2) is 89.8 Å². The zero-order chi connectivity index (χ0) is 27.8. The topological polar surface area (TPSA) is 86.8 Å². The molecule has 1 fully saturated rings. The van der Waals surface area contributed by atoms with Crippen molar-refractivity contribution < 1.29 is 18.0 Å². The van der Waals surface area contributed by atoms with Crippen molar-refractivity contribution in [2.45, 2.75) is 62.6 Å². The minimum atomic E-state index is -4.12. The Morgan fingerprint density at radius 1 is 0.949 bits per heavy atom. The van der Waals surface area contributed by atoms with Gasteiger partial charge in [-0.3, -0.25) is 13.9 Å². The van der Waals surface area contributed by atoms with Gasteiger partial charge in [0.1, 0.15) is 12.6 Å². The van der Waals surface area contributed by atoms with Crippen molar-refractivity contribution in [1.29, 1.82) is 0 Å². The lowest BCUT2D eigenvalue weighted by molar-refractivity contribution is -0.140. The van der Waals surface area contributed by atoms with Crippen LogP contribution >= 0.6 is 11.6 Å². The van der Waals surface area contributed by atoms with Gasteiger partial charge >= 0.3 is 0 Å². The number of carbonyl (C=O) groups is 2. The van der Waals surface area contributed by atoms with Gasteiger partial charge in [0.2, 0.25) is 11.8 Å². The van der Waals surface area contributed by atoms with E-state index in [1.54, 1.807) is 36.4 Å². The SMILES string of the molecule is CCC(C(=O)NC1CCCC1)N(Cc1ccccc1)C(=O)CN(c1cccc(Cl)c1)S(=O)(=O)c1ccccc1. The number of benzene rings is 3. The first-order chi connectivity index (χ1) is 18.8. The number of nitrogens with one attached hydrogen (secondary N) is 1. The van der Waals surface area contributed by atoms with Gasteiger partial charge in [-0.15, -0.1) is 0 Å². The molecule has 1 aliphatic rings. The molecule has 0 saturated heterocycles. The van der Waals surface area contributed by atoms with Gasteiger partial charge in [0, 0.05) is 17.6 Å². The van der Waals surface area contributed by atoms with Crippen molar-refractivity contribution in [3.63, 3.8) is 0 Å². The fourth-order valence-electron chi connectivity index (χ4n) is 4.95. The molecule has 206 valence electrons. The summed E-state index contributed by atoms with van der Waals surface area (Å²) in [6.07, 6.45) is 4.37. The maximum atomic E-state index is 14.0. The van der Waals surface area contributed by atoms with E-state index in [0.29, 0.717) is 11.4 Å². The minimum Gasteiger partial charge on any atom is -0.352 e. The number of nitrogens with zero attached hydrogens (tertiary/aromatic N) is 2. The quantitative estimate of drug-likeness (QED) is 0.336. The van der Waals surface area contributed by atoms with Gasteiger partial charge in [-0.25, -0.2) is 8.42 Å². The first-order valence-corrected chi connectivity index (χ1v) is 15.1. The van der Waals surface area contributed by atoms with Gasteiger partial charge in [-0.1, -0.05) is 86.0 Å². The second kappa shape index (κ2) is 13.1. The predicted molar refractivity (Wildman–Crippen MR) is 154 cm³/mol. The number of sulfonamides is 1. The Bertz CT molecular complexity index is 1360. The van der Waals surface area contributed by atoms with Crippen molar-refractivity contribution in [3.05, 3.63) is 95.5 Å². The van der Waals surface area contributed by atoms with Crippen LogP contribution in [0.25, 0.3) is 0 Å². The lowest BCUT2D eigenvalue weighted by Gasteiger charge is -2.33. The van der Waals surface area contributed by atoms with Crippen LogP contribution in [-0.2, 0) is 26.2 Å². The second-order valence-corrected chi connectivity index (χ2v) is 12.0. The molecule has 0 aliphatic heterocycles. The Morgan fingerprint density at radius 2 is 1.59 bits per heavy atom. The molecular weight excluding hydrogens is 534 g/mol. The van der Waals surface area contributed by atoms with Crippen LogP contribution in [-0.4, -0.2) is 43.8 Å². The number of rotatable bonds is 11. The number of anilines is 1. The lowest BCUT2D eigenvalue weighted by atomic mass is 10.1. The van der Waals surface area contributed by atoms with Crippen LogP contribution < -0.4 is 9.62 Å². The van der Waals surface area contributed by atoms with Gasteiger partial charge in [0.15, 0.2) is 0 Å². The van der Waals surface area contributed by atoms with Crippen molar-refractivity contribution in [2.24, 2.45) is 0 Å². The molecule has 3 aromatic carbocycles. The van der Waals surface area contributed by atoms with Crippen molar-refractivity contribution in [3.8, 4) is 0 Å². The van der Waals surface area contributed by atoms with E-state index in [-0.39, 0.29) is 29.1 Å². The Kier molecular flexibility index (Phi) is 9.64. The van der Waals surface area contributed by atoms with E-state index in [0.717, 1.165) is 35.6 Å². The zero-order valence-corrected chi connectivity index (χ0v) is 23.6. The Hall–Kier alpha value is -3.36. The van der Waals surface area contributed by atoms with Gasteiger partial charge in [-0.05, 0) is 55.2 Å². The molecule has 3 aromatic rings. The summed E-state index contributed by atoms with van der Waals surface area (Å²) in [4.78, 5) is 29.0. The van der Waals surface area contributed by atoms with Gasteiger partial charge in [-0.2, -0.15) is 0 Å². The maximum absolute atomic E-state index is 14.0. The number of hydrogen-bond donors (Lipinski definition) is 1. The molecule has 0 spiro atoms. The summed E-state index contributed by atoms with van der Waals surface area (Å²) in [6, 6.07) is 23.1. The summed E-state index contributed by atoms with van der Waals surface area (Å²) in [5.74, 6) is -0.694. The highest BCUT2D eigenvalue weighted by atomic mass is 35.5. The summed E-state index contributed by atoms with van der Waals surface area (Å²) in [7, 11) is -4.12. The number of halogens is 1. The van der Waals surface area contributed by atoms with E-state index in [2.05, 4.69) is 5.32 Å². The monoisotopic (exact) mass is 567 g/mol. The van der Waals surface area contributed by atoms with Crippen molar-refractivity contribution in [2.75, 3.05) is 10.8 Å². The molecule has 1 aliphatic carbocycles. The largest absolute Gasteiger partial charge is 0.352 e. The van der Waals surface area contributed by atoms with Crippen LogP contribution in [0.3, 0.4) is 0 Å². The highest BCUT2D eigenvalue weighted by molar-refractivity contribution is 7.92. The molecule has 1 atom stereocenters. The fraction of sp³-hybridized carbons (Fsp3) is 0.333. The standard InChI is InChI=1S/C30H34ClN3O4S/c1-2-28(30(36)32-25-15-9-10-16-25)33(21-23-12-5-3-6-13-23)29(35)22-34(26-17-11-14-24(31)20-26)39(37,38)27-18-7-4-8-19-27/h3-8,11-14,17-20,25,28H,2,9-10,15-16,21-22H2,1H3,(H,32,36). The summed E-state index contributed by atoms with van der Waals surface area (Å²) < 4.78 is 28.7. The summed E-state index contributed by atoms with van der Waals surface area (Å²) >= 11 is 6.22. The maximum Gasteiger partial charge on any atom is 0.264 e. The minimum absolute atomic E-state index is 0.0541. The second-order valence-electron chi connectivity index (χ2n) is 9.73. The van der Waals surface area contributed by atoms with Gasteiger partial charge < -0.3 is 10.2 Å². The van der Waals surface area contributed by atoms with Crippen LogP contribution in [0.2, 0.25) is 5.02 Å². The van der Waals surface area contributed by atoms with Gasteiger partial charge in [0.05, 0.1) is 10.6 Å². The molecule has 39 heavy (non-hydrogen) atoms. The smallest absolute Gasteiger partial charge is 0.264 e. The van der Waals surface area contributed by atoms with E-state index in [9.17, 15) is 18.0 Å². The van der Waals surface area contributed by atoms with Crippen molar-refractivity contribution in [1.82, 2.24) is 10.2 Å². The molecule has 1 saturated carbocycles. The Labute approximate surface area is 235 Å². The van der Waals surface area contributed by atoms with E-state index < -0.39 is 28.5 Å². The summed E-state index contributed by atoms with van der Waals surface area (Å²) in [5, 5.41) is 3.46. The first kappa shape index (κ1) is 28.6. The Morgan fingerprint density at radius 3 is 2.21 bits per heavy atom. The van der Waals surface area contributed by atoms with Crippen molar-refractivity contribution >= 4 is 39.1 Å². The van der Waals surface area contributed by atoms with E-state index in [1.807, 2.05) is 37.3 Å². The highest BCUT2D eigenvalue weighted by Gasteiger charge is 2.34. The van der Waals surface area contributed by atoms with Gasteiger partial charge in [0.25, 0.3) is 10.0 Å². The molecule has 4 rings (SSSR count). The van der Waals surface area contributed by atoms with E-state index in [4.69, 9.17) is 11.6 Å². The zero-order valence-electron chi connectivity index (χ0n) is 22.0. The summed E-state index contributed by atoms with van der Waals surface area (Å²) in [6.45, 7) is 1.54. The van der Waals surface area contributed by atoms with Crippen LogP contribution in [0.1, 0.15) is 44.6 Å².